The highest BCUT2D eigenvalue weighted by Gasteiger charge is 2.32. The zero-order chi connectivity index (χ0) is 15.9. The number of hydrogen-bond donors (Lipinski definition) is 2. The lowest BCUT2D eigenvalue weighted by molar-refractivity contribution is -0.147. The van der Waals surface area contributed by atoms with Crippen LogP contribution in [0.15, 0.2) is 30.3 Å². The quantitative estimate of drug-likeness (QED) is 0.824. The minimum absolute atomic E-state index is 0.128. The van der Waals surface area contributed by atoms with Gasteiger partial charge >= 0.3 is 12.1 Å². The molecule has 0 saturated heterocycles. The summed E-state index contributed by atoms with van der Waals surface area (Å²) in [6.07, 6.45) is 1.25. The zero-order valence-corrected chi connectivity index (χ0v) is 12.7. The average Bonchev–Trinajstić information content (AvgIpc) is 2.52. The number of rotatable bonds is 4. The molecule has 22 heavy (non-hydrogen) atoms. The number of carbonyl (C=O) groups excluding carboxylic acids is 2. The molecule has 1 aromatic rings. The summed E-state index contributed by atoms with van der Waals surface area (Å²) in [6, 6.07) is 9.15. The van der Waals surface area contributed by atoms with Crippen LogP contribution in [0.1, 0.15) is 24.8 Å². The van der Waals surface area contributed by atoms with Crippen LogP contribution in [-0.2, 0) is 20.9 Å². The predicted molar refractivity (Wildman–Crippen MR) is 80.9 cm³/mol. The Morgan fingerprint density at radius 2 is 1.95 bits per heavy atom. The molecule has 2 rings (SSSR count). The highest BCUT2D eigenvalue weighted by atomic mass is 16.5. The second kappa shape index (κ2) is 7.79. The molecular weight excluding hydrogens is 284 g/mol. The van der Waals surface area contributed by atoms with E-state index in [9.17, 15) is 9.59 Å². The molecule has 6 heteroatoms. The van der Waals surface area contributed by atoms with Gasteiger partial charge in [0.25, 0.3) is 0 Å². The van der Waals surface area contributed by atoms with Gasteiger partial charge in [0.1, 0.15) is 6.61 Å². The largest absolute Gasteiger partial charge is 0.469 e. The lowest BCUT2D eigenvalue weighted by atomic mass is 9.83. The van der Waals surface area contributed by atoms with Crippen LogP contribution in [0.25, 0.3) is 0 Å². The van der Waals surface area contributed by atoms with Crippen molar-refractivity contribution in [2.45, 2.75) is 38.0 Å². The van der Waals surface area contributed by atoms with Crippen molar-refractivity contribution in [3.63, 3.8) is 0 Å². The van der Waals surface area contributed by atoms with E-state index in [0.29, 0.717) is 19.3 Å². The van der Waals surface area contributed by atoms with Crippen molar-refractivity contribution in [2.24, 2.45) is 11.7 Å². The minimum Gasteiger partial charge on any atom is -0.469 e. The van der Waals surface area contributed by atoms with Crippen molar-refractivity contribution < 1.29 is 19.1 Å². The van der Waals surface area contributed by atoms with Gasteiger partial charge in [-0.15, -0.1) is 0 Å². The lowest BCUT2D eigenvalue weighted by Crippen LogP contribution is -2.46. The van der Waals surface area contributed by atoms with Gasteiger partial charge in [0, 0.05) is 12.1 Å². The fraction of sp³-hybridized carbons (Fsp3) is 0.500. The number of ether oxygens (including phenoxy) is 2. The third-order valence-corrected chi connectivity index (χ3v) is 3.81. The van der Waals surface area contributed by atoms with Crippen molar-refractivity contribution >= 4 is 12.1 Å². The van der Waals surface area contributed by atoms with E-state index in [1.807, 2.05) is 30.3 Å². The van der Waals surface area contributed by atoms with Crippen LogP contribution in [0.2, 0.25) is 0 Å². The van der Waals surface area contributed by atoms with E-state index < -0.39 is 6.09 Å². The number of benzene rings is 1. The maximum Gasteiger partial charge on any atom is 0.407 e. The minimum atomic E-state index is -0.494. The van der Waals surface area contributed by atoms with Gasteiger partial charge in [0.2, 0.25) is 0 Å². The summed E-state index contributed by atoms with van der Waals surface area (Å²) >= 11 is 0. The van der Waals surface area contributed by atoms with E-state index in [2.05, 4.69) is 5.32 Å². The Hall–Kier alpha value is -2.08. The Balaban J connectivity index is 1.81. The highest BCUT2D eigenvalue weighted by molar-refractivity contribution is 5.73. The van der Waals surface area contributed by atoms with Crippen molar-refractivity contribution in [1.29, 1.82) is 0 Å². The van der Waals surface area contributed by atoms with Crippen LogP contribution in [0.4, 0.5) is 4.79 Å². The van der Waals surface area contributed by atoms with Crippen LogP contribution in [0.5, 0.6) is 0 Å². The molecule has 0 heterocycles. The van der Waals surface area contributed by atoms with Crippen molar-refractivity contribution in [3.05, 3.63) is 35.9 Å². The van der Waals surface area contributed by atoms with Crippen LogP contribution in [0.3, 0.4) is 0 Å². The molecule has 0 aromatic heterocycles. The molecule has 0 unspecified atom stereocenters. The maximum atomic E-state index is 11.8. The topological polar surface area (TPSA) is 90.6 Å². The molecule has 1 aliphatic rings. The van der Waals surface area contributed by atoms with Crippen molar-refractivity contribution in [3.8, 4) is 0 Å². The van der Waals surface area contributed by atoms with Crippen LogP contribution in [-0.4, -0.2) is 31.3 Å². The number of methoxy groups -OCH3 is 1. The Kier molecular flexibility index (Phi) is 5.77. The Labute approximate surface area is 130 Å². The number of amides is 1. The molecule has 120 valence electrons. The molecule has 1 aromatic carbocycles. The van der Waals surface area contributed by atoms with Gasteiger partial charge in [-0.1, -0.05) is 30.3 Å². The van der Waals surface area contributed by atoms with E-state index in [-0.39, 0.29) is 30.6 Å². The fourth-order valence-corrected chi connectivity index (χ4v) is 2.77. The summed E-state index contributed by atoms with van der Waals surface area (Å²) in [6.45, 7) is 0.214. The second-order valence-electron chi connectivity index (χ2n) is 5.59. The molecule has 6 nitrogen and oxygen atoms in total. The fourth-order valence-electron chi connectivity index (χ4n) is 2.77. The summed E-state index contributed by atoms with van der Waals surface area (Å²) in [5.41, 5.74) is 6.87. The van der Waals surface area contributed by atoms with E-state index in [1.54, 1.807) is 0 Å². The van der Waals surface area contributed by atoms with E-state index >= 15 is 0 Å². The Morgan fingerprint density at radius 1 is 1.23 bits per heavy atom. The number of nitrogens with one attached hydrogen (secondary N) is 1. The first-order valence-electron chi connectivity index (χ1n) is 7.39. The van der Waals surface area contributed by atoms with E-state index in [0.717, 1.165) is 5.56 Å². The lowest BCUT2D eigenvalue weighted by Gasteiger charge is -2.31. The molecule has 3 atom stereocenters. The third-order valence-electron chi connectivity index (χ3n) is 3.81. The van der Waals surface area contributed by atoms with Crippen LogP contribution >= 0.6 is 0 Å². The first kappa shape index (κ1) is 16.3. The highest BCUT2D eigenvalue weighted by Crippen LogP contribution is 2.24. The first-order valence-corrected chi connectivity index (χ1v) is 7.39. The van der Waals surface area contributed by atoms with Crippen molar-refractivity contribution in [1.82, 2.24) is 5.32 Å². The molecule has 0 aliphatic heterocycles. The SMILES string of the molecule is COC(=O)[C@H]1C[C@@H](N)C[C@@H](NC(=O)OCc2ccccc2)C1. The number of esters is 1. The van der Waals surface area contributed by atoms with Gasteiger partial charge in [0.05, 0.1) is 13.0 Å². The van der Waals surface area contributed by atoms with Gasteiger partial charge in [-0.2, -0.15) is 0 Å². The van der Waals surface area contributed by atoms with Gasteiger partial charge in [0.15, 0.2) is 0 Å². The smallest absolute Gasteiger partial charge is 0.407 e. The molecule has 0 radical (unpaired) electrons. The van der Waals surface area contributed by atoms with Gasteiger partial charge in [-0.25, -0.2) is 4.79 Å². The monoisotopic (exact) mass is 306 g/mol. The van der Waals surface area contributed by atoms with Gasteiger partial charge in [-0.3, -0.25) is 4.79 Å². The molecule has 3 N–H and O–H groups in total. The predicted octanol–water partition coefficient (Wildman–Crippen LogP) is 1.58. The number of alkyl carbamates (subject to hydrolysis) is 1. The zero-order valence-electron chi connectivity index (χ0n) is 12.7. The van der Waals surface area contributed by atoms with E-state index in [4.69, 9.17) is 15.2 Å². The number of carbonyl (C=O) groups is 2. The molecule has 1 amide bonds. The summed E-state index contributed by atoms with van der Waals surface area (Å²) in [5, 5.41) is 2.78. The number of hydrogen-bond acceptors (Lipinski definition) is 5. The number of nitrogens with two attached hydrogens (primary N) is 1. The molecule has 1 saturated carbocycles. The summed E-state index contributed by atoms with van der Waals surface area (Å²) in [7, 11) is 1.36. The van der Waals surface area contributed by atoms with E-state index in [1.165, 1.54) is 7.11 Å². The first-order chi connectivity index (χ1) is 10.6. The molecule has 1 fully saturated rings. The van der Waals surface area contributed by atoms with Gasteiger partial charge < -0.3 is 20.5 Å². The Bertz CT molecular complexity index is 506. The van der Waals surface area contributed by atoms with Crippen LogP contribution < -0.4 is 11.1 Å². The summed E-state index contributed by atoms with van der Waals surface area (Å²) in [5.74, 6) is -0.548. The van der Waals surface area contributed by atoms with Crippen molar-refractivity contribution in [2.75, 3.05) is 7.11 Å². The normalized spacial score (nSPS) is 24.4. The van der Waals surface area contributed by atoms with Gasteiger partial charge in [-0.05, 0) is 24.8 Å². The van der Waals surface area contributed by atoms with Crippen LogP contribution in [0, 0.1) is 5.92 Å². The average molecular weight is 306 g/mol. The summed E-state index contributed by atoms with van der Waals surface area (Å²) < 4.78 is 9.94. The maximum absolute atomic E-state index is 11.8. The second-order valence-corrected chi connectivity index (χ2v) is 5.59. The molecular formula is C16H22N2O4. The molecule has 0 bridgehead atoms. The Morgan fingerprint density at radius 3 is 2.64 bits per heavy atom. The molecule has 1 aliphatic carbocycles. The summed E-state index contributed by atoms with van der Waals surface area (Å²) in [4.78, 5) is 23.5. The molecule has 0 spiro atoms. The third kappa shape index (κ3) is 4.73. The standard InChI is InChI=1S/C16H22N2O4/c1-21-15(19)12-7-13(17)9-14(8-12)18-16(20)22-10-11-5-3-2-4-6-11/h2-6,12-14H,7-10,17H2,1H3,(H,18,20)/t12-,13+,14-/m0/s1.